The van der Waals surface area contributed by atoms with Crippen molar-refractivity contribution in [2.24, 2.45) is 5.10 Å². The predicted octanol–water partition coefficient (Wildman–Crippen LogP) is 4.77. The number of carbonyl (C=O) groups excluding carboxylic acids is 1. The summed E-state index contributed by atoms with van der Waals surface area (Å²) >= 11 is 13.1. The third-order valence-corrected chi connectivity index (χ3v) is 4.85. The van der Waals surface area contributed by atoms with Gasteiger partial charge in [-0.1, -0.05) is 53.2 Å². The zero-order valence-electron chi connectivity index (χ0n) is 13.1. The van der Waals surface area contributed by atoms with E-state index in [-0.39, 0.29) is 11.7 Å². The van der Waals surface area contributed by atoms with Crippen molar-refractivity contribution in [2.75, 3.05) is 5.75 Å². The van der Waals surface area contributed by atoms with Gasteiger partial charge in [0.25, 0.3) is 11.1 Å². The number of hydrogen-bond acceptors (Lipinski definition) is 5. The van der Waals surface area contributed by atoms with Crippen molar-refractivity contribution < 1.29 is 9.21 Å². The standard InChI is InChI=1S/C17H13Cl2N3O2S/c1-10(11-6-7-12(18)13(19)8-11)21-22-16(23)9-25-17-20-14-4-2-3-5-15(14)24-17/h2-8H,9H2,1H3,(H,22,23). The Morgan fingerprint density at radius 3 is 2.80 bits per heavy atom. The average molecular weight is 394 g/mol. The number of halogens is 2. The van der Waals surface area contributed by atoms with Crippen LogP contribution in [0.5, 0.6) is 0 Å². The molecule has 128 valence electrons. The van der Waals surface area contributed by atoms with Crippen LogP contribution in [0.15, 0.2) is 57.2 Å². The highest BCUT2D eigenvalue weighted by Crippen LogP contribution is 2.23. The molecule has 0 aliphatic carbocycles. The average Bonchev–Trinajstić information content (AvgIpc) is 3.03. The Kier molecular flexibility index (Phi) is 5.63. The molecule has 0 saturated heterocycles. The van der Waals surface area contributed by atoms with Crippen molar-refractivity contribution in [1.29, 1.82) is 0 Å². The van der Waals surface area contributed by atoms with E-state index >= 15 is 0 Å². The zero-order chi connectivity index (χ0) is 17.8. The van der Waals surface area contributed by atoms with E-state index in [2.05, 4.69) is 15.5 Å². The second-order valence-electron chi connectivity index (χ2n) is 5.10. The third kappa shape index (κ3) is 4.54. The van der Waals surface area contributed by atoms with Gasteiger partial charge in [0, 0.05) is 0 Å². The first-order valence-electron chi connectivity index (χ1n) is 7.30. The predicted molar refractivity (Wildman–Crippen MR) is 102 cm³/mol. The summed E-state index contributed by atoms with van der Waals surface area (Å²) in [5.41, 5.74) is 5.36. The topological polar surface area (TPSA) is 67.5 Å². The second-order valence-corrected chi connectivity index (χ2v) is 6.84. The van der Waals surface area contributed by atoms with E-state index in [9.17, 15) is 4.79 Å². The maximum absolute atomic E-state index is 11.9. The Bertz CT molecular complexity index is 923. The van der Waals surface area contributed by atoms with Gasteiger partial charge in [0.15, 0.2) is 5.58 Å². The normalized spacial score (nSPS) is 11.7. The Balaban J connectivity index is 1.57. The highest BCUT2D eigenvalue weighted by Gasteiger charge is 2.09. The smallest absolute Gasteiger partial charge is 0.257 e. The number of para-hydroxylation sites is 2. The lowest BCUT2D eigenvalue weighted by Gasteiger charge is -2.04. The fourth-order valence-electron chi connectivity index (χ4n) is 2.00. The van der Waals surface area contributed by atoms with E-state index in [0.29, 0.717) is 26.6 Å². The van der Waals surface area contributed by atoms with Gasteiger partial charge in [0.1, 0.15) is 5.52 Å². The van der Waals surface area contributed by atoms with Gasteiger partial charge in [-0.05, 0) is 36.8 Å². The molecule has 1 N–H and O–H groups in total. The van der Waals surface area contributed by atoms with Crippen LogP contribution < -0.4 is 5.43 Å². The van der Waals surface area contributed by atoms with Crippen LogP contribution in [0.1, 0.15) is 12.5 Å². The number of fused-ring (bicyclic) bond motifs is 1. The molecule has 1 heterocycles. The summed E-state index contributed by atoms with van der Waals surface area (Å²) in [5.74, 6) is -0.114. The molecule has 1 aromatic heterocycles. The molecule has 0 aliphatic rings. The number of nitrogens with zero attached hydrogens (tertiary/aromatic N) is 2. The van der Waals surface area contributed by atoms with Gasteiger partial charge < -0.3 is 4.42 Å². The first-order chi connectivity index (χ1) is 12.0. The number of rotatable bonds is 5. The molecule has 0 saturated carbocycles. The molecule has 5 nitrogen and oxygen atoms in total. The molecule has 0 aliphatic heterocycles. The molecule has 0 fully saturated rings. The van der Waals surface area contributed by atoms with Crippen molar-refractivity contribution in [3.05, 3.63) is 58.1 Å². The van der Waals surface area contributed by atoms with E-state index in [1.165, 1.54) is 11.8 Å². The minimum Gasteiger partial charge on any atom is -0.431 e. The number of benzene rings is 2. The number of thioether (sulfide) groups is 1. The zero-order valence-corrected chi connectivity index (χ0v) is 15.5. The SMILES string of the molecule is CC(=NNC(=O)CSc1nc2ccccc2o1)c1ccc(Cl)c(Cl)c1. The largest absolute Gasteiger partial charge is 0.431 e. The monoisotopic (exact) mass is 393 g/mol. The Morgan fingerprint density at radius 2 is 2.04 bits per heavy atom. The number of aromatic nitrogens is 1. The Hall–Kier alpha value is -2.02. The van der Waals surface area contributed by atoms with Gasteiger partial charge in [-0.25, -0.2) is 10.4 Å². The lowest BCUT2D eigenvalue weighted by atomic mass is 10.1. The molecular weight excluding hydrogens is 381 g/mol. The molecule has 2 aromatic carbocycles. The van der Waals surface area contributed by atoms with Crippen molar-refractivity contribution in [1.82, 2.24) is 10.4 Å². The summed E-state index contributed by atoms with van der Waals surface area (Å²) in [7, 11) is 0. The van der Waals surface area contributed by atoms with Crippen molar-refractivity contribution in [3.63, 3.8) is 0 Å². The first kappa shape index (κ1) is 17.8. The summed E-state index contributed by atoms with van der Waals surface area (Å²) in [6, 6.07) is 12.6. The highest BCUT2D eigenvalue weighted by molar-refractivity contribution is 7.99. The summed E-state index contributed by atoms with van der Waals surface area (Å²) in [6.45, 7) is 1.77. The molecule has 0 unspecified atom stereocenters. The molecular formula is C17H13Cl2N3O2S. The van der Waals surface area contributed by atoms with E-state index in [0.717, 1.165) is 11.1 Å². The van der Waals surface area contributed by atoms with Gasteiger partial charge in [0.2, 0.25) is 0 Å². The molecule has 3 aromatic rings. The van der Waals surface area contributed by atoms with Crippen molar-refractivity contribution in [3.8, 4) is 0 Å². The van der Waals surface area contributed by atoms with E-state index < -0.39 is 0 Å². The maximum atomic E-state index is 11.9. The van der Waals surface area contributed by atoms with Crippen LogP contribution in [-0.2, 0) is 4.79 Å². The van der Waals surface area contributed by atoms with E-state index in [4.69, 9.17) is 27.6 Å². The molecule has 0 radical (unpaired) electrons. The summed E-state index contributed by atoms with van der Waals surface area (Å²) in [6.07, 6.45) is 0. The van der Waals surface area contributed by atoms with Gasteiger partial charge in [-0.2, -0.15) is 5.10 Å². The van der Waals surface area contributed by atoms with Crippen LogP contribution in [0, 0.1) is 0 Å². The van der Waals surface area contributed by atoms with Gasteiger partial charge in [-0.15, -0.1) is 0 Å². The fraction of sp³-hybridized carbons (Fsp3) is 0.118. The van der Waals surface area contributed by atoms with Crippen LogP contribution in [-0.4, -0.2) is 22.4 Å². The number of carbonyl (C=O) groups is 1. The second kappa shape index (κ2) is 7.91. The van der Waals surface area contributed by atoms with Crippen LogP contribution in [0.25, 0.3) is 11.1 Å². The maximum Gasteiger partial charge on any atom is 0.257 e. The lowest BCUT2D eigenvalue weighted by Crippen LogP contribution is -2.21. The van der Waals surface area contributed by atoms with Crippen LogP contribution in [0.2, 0.25) is 10.0 Å². The van der Waals surface area contributed by atoms with Gasteiger partial charge in [-0.3, -0.25) is 4.79 Å². The molecule has 8 heteroatoms. The molecule has 3 rings (SSSR count). The van der Waals surface area contributed by atoms with Crippen LogP contribution in [0.4, 0.5) is 0 Å². The van der Waals surface area contributed by atoms with Gasteiger partial charge >= 0.3 is 0 Å². The lowest BCUT2D eigenvalue weighted by molar-refractivity contribution is -0.118. The molecule has 25 heavy (non-hydrogen) atoms. The minimum atomic E-state index is -0.258. The minimum absolute atomic E-state index is 0.144. The number of amides is 1. The Labute approximate surface area is 158 Å². The summed E-state index contributed by atoms with van der Waals surface area (Å²) < 4.78 is 5.55. The molecule has 1 amide bonds. The molecule has 0 spiro atoms. The van der Waals surface area contributed by atoms with E-state index in [1.807, 2.05) is 24.3 Å². The number of hydrazone groups is 1. The van der Waals surface area contributed by atoms with E-state index in [1.54, 1.807) is 25.1 Å². The van der Waals surface area contributed by atoms with Crippen molar-refractivity contribution >= 4 is 57.7 Å². The Morgan fingerprint density at radius 1 is 1.24 bits per heavy atom. The number of nitrogens with one attached hydrogen (secondary N) is 1. The highest BCUT2D eigenvalue weighted by atomic mass is 35.5. The molecule has 0 bridgehead atoms. The fourth-order valence-corrected chi connectivity index (χ4v) is 2.93. The summed E-state index contributed by atoms with van der Waals surface area (Å²) in [5, 5.41) is 5.42. The third-order valence-electron chi connectivity index (χ3n) is 3.29. The number of hydrogen-bond donors (Lipinski definition) is 1. The number of oxazole rings is 1. The van der Waals surface area contributed by atoms with Crippen molar-refractivity contribution in [2.45, 2.75) is 12.1 Å². The molecule has 0 atom stereocenters. The summed E-state index contributed by atoms with van der Waals surface area (Å²) in [4.78, 5) is 16.2. The van der Waals surface area contributed by atoms with Crippen LogP contribution in [0.3, 0.4) is 0 Å². The first-order valence-corrected chi connectivity index (χ1v) is 9.04. The van der Waals surface area contributed by atoms with Crippen LogP contribution >= 0.6 is 35.0 Å². The quantitative estimate of drug-likeness (QED) is 0.385. The van der Waals surface area contributed by atoms with Gasteiger partial charge in [0.05, 0.1) is 21.5 Å².